The highest BCUT2D eigenvalue weighted by Crippen LogP contribution is 2.06. The Morgan fingerprint density at radius 2 is 2.38 bits per heavy atom. The van der Waals surface area contributed by atoms with Gasteiger partial charge in [-0.05, 0) is 25.0 Å². The molecule has 1 unspecified atom stereocenters. The molecule has 1 heterocycles. The van der Waals surface area contributed by atoms with Gasteiger partial charge >= 0.3 is 0 Å². The van der Waals surface area contributed by atoms with E-state index < -0.39 is 5.60 Å². The fraction of sp³-hybridized carbons (Fsp3) is 0.500. The molecule has 0 aliphatic heterocycles. The third-order valence-electron chi connectivity index (χ3n) is 2.52. The molecule has 0 bridgehead atoms. The second-order valence-corrected chi connectivity index (χ2v) is 4.17. The average Bonchev–Trinajstić information content (AvgIpc) is 2.28. The van der Waals surface area contributed by atoms with Crippen molar-refractivity contribution in [1.29, 1.82) is 0 Å². The Hall–Kier alpha value is -1.42. The minimum atomic E-state index is -0.829. The number of hydrogen-bond donors (Lipinski definition) is 2. The van der Waals surface area contributed by atoms with E-state index in [1.54, 1.807) is 25.4 Å². The van der Waals surface area contributed by atoms with Crippen LogP contribution >= 0.6 is 0 Å². The molecule has 0 spiro atoms. The zero-order valence-corrected chi connectivity index (χ0v) is 9.73. The summed E-state index contributed by atoms with van der Waals surface area (Å²) in [6.45, 7) is 3.87. The quantitative estimate of drug-likeness (QED) is 0.778. The van der Waals surface area contributed by atoms with E-state index in [0.717, 1.165) is 5.56 Å². The Labute approximate surface area is 95.7 Å². The van der Waals surface area contributed by atoms with Gasteiger partial charge in [0.25, 0.3) is 0 Å². The van der Waals surface area contributed by atoms with Crippen molar-refractivity contribution in [1.82, 2.24) is 10.3 Å². The van der Waals surface area contributed by atoms with E-state index in [-0.39, 0.29) is 12.5 Å². The summed E-state index contributed by atoms with van der Waals surface area (Å²) in [6.07, 6.45) is 4.24. The topological polar surface area (TPSA) is 62.2 Å². The first-order valence-electron chi connectivity index (χ1n) is 5.41. The highest BCUT2D eigenvalue weighted by atomic mass is 16.3. The van der Waals surface area contributed by atoms with Crippen LogP contribution in [0.2, 0.25) is 0 Å². The normalized spacial score (nSPS) is 14.2. The maximum atomic E-state index is 11.5. The number of carbonyl (C=O) groups is 1. The average molecular weight is 222 g/mol. The van der Waals surface area contributed by atoms with E-state index in [2.05, 4.69) is 10.3 Å². The molecule has 1 rings (SSSR count). The lowest BCUT2D eigenvalue weighted by atomic mass is 10.0. The van der Waals surface area contributed by atoms with Gasteiger partial charge in [0, 0.05) is 18.9 Å². The maximum Gasteiger partial charge on any atom is 0.224 e. The van der Waals surface area contributed by atoms with E-state index in [1.807, 2.05) is 13.0 Å². The van der Waals surface area contributed by atoms with Gasteiger partial charge in [-0.3, -0.25) is 9.78 Å². The van der Waals surface area contributed by atoms with Crippen molar-refractivity contribution in [2.24, 2.45) is 0 Å². The lowest BCUT2D eigenvalue weighted by Gasteiger charge is -2.21. The third-order valence-corrected chi connectivity index (χ3v) is 2.52. The Morgan fingerprint density at radius 3 is 2.94 bits per heavy atom. The van der Waals surface area contributed by atoms with Crippen molar-refractivity contribution in [3.63, 3.8) is 0 Å². The molecule has 0 fully saturated rings. The summed E-state index contributed by atoms with van der Waals surface area (Å²) >= 11 is 0. The van der Waals surface area contributed by atoms with E-state index in [9.17, 15) is 9.90 Å². The summed E-state index contributed by atoms with van der Waals surface area (Å²) in [5, 5.41) is 12.4. The lowest BCUT2D eigenvalue weighted by molar-refractivity contribution is -0.121. The molecule has 0 aliphatic carbocycles. The number of nitrogens with one attached hydrogen (secondary N) is 1. The van der Waals surface area contributed by atoms with E-state index in [0.29, 0.717) is 12.8 Å². The number of amides is 1. The summed E-state index contributed by atoms with van der Waals surface area (Å²) in [4.78, 5) is 15.5. The minimum absolute atomic E-state index is 0.0956. The van der Waals surface area contributed by atoms with Crippen molar-refractivity contribution >= 4 is 5.91 Å². The van der Waals surface area contributed by atoms with Gasteiger partial charge in [-0.2, -0.15) is 0 Å². The molecule has 16 heavy (non-hydrogen) atoms. The van der Waals surface area contributed by atoms with Gasteiger partial charge in [-0.25, -0.2) is 0 Å². The molecule has 1 atom stereocenters. The molecule has 4 nitrogen and oxygen atoms in total. The fourth-order valence-electron chi connectivity index (χ4n) is 1.16. The first kappa shape index (κ1) is 12.6. The highest BCUT2D eigenvalue weighted by molar-refractivity contribution is 5.78. The first-order valence-corrected chi connectivity index (χ1v) is 5.41. The summed E-state index contributed by atoms with van der Waals surface area (Å²) in [5.74, 6) is -0.0956. The number of carbonyl (C=O) groups excluding carboxylic acids is 1. The van der Waals surface area contributed by atoms with Gasteiger partial charge in [-0.1, -0.05) is 13.0 Å². The SMILES string of the molecule is CCC(C)(O)CNC(=O)Cc1cccnc1. The predicted molar refractivity (Wildman–Crippen MR) is 61.9 cm³/mol. The number of rotatable bonds is 5. The number of aliphatic hydroxyl groups is 1. The molecule has 88 valence electrons. The second-order valence-electron chi connectivity index (χ2n) is 4.17. The van der Waals surface area contributed by atoms with Crippen molar-refractivity contribution in [3.8, 4) is 0 Å². The zero-order valence-electron chi connectivity index (χ0n) is 9.73. The van der Waals surface area contributed by atoms with Crippen molar-refractivity contribution in [2.45, 2.75) is 32.3 Å². The predicted octanol–water partition coefficient (Wildman–Crippen LogP) is 0.901. The summed E-state index contributed by atoms with van der Waals surface area (Å²) < 4.78 is 0. The standard InChI is InChI=1S/C12H18N2O2/c1-3-12(2,16)9-14-11(15)7-10-5-4-6-13-8-10/h4-6,8,16H,3,7,9H2,1-2H3,(H,14,15). The van der Waals surface area contributed by atoms with Crippen LogP contribution in [-0.2, 0) is 11.2 Å². The molecule has 1 amide bonds. The van der Waals surface area contributed by atoms with Crippen LogP contribution in [0.4, 0.5) is 0 Å². The van der Waals surface area contributed by atoms with E-state index in [1.165, 1.54) is 0 Å². The molecule has 0 aliphatic rings. The van der Waals surface area contributed by atoms with Gasteiger partial charge in [0.15, 0.2) is 0 Å². The van der Waals surface area contributed by atoms with Crippen LogP contribution in [-0.4, -0.2) is 28.1 Å². The Kier molecular flexibility index (Phi) is 4.43. The van der Waals surface area contributed by atoms with Crippen LogP contribution in [0.1, 0.15) is 25.8 Å². The lowest BCUT2D eigenvalue weighted by Crippen LogP contribution is -2.40. The van der Waals surface area contributed by atoms with Crippen LogP contribution in [0, 0.1) is 0 Å². The molecule has 0 saturated carbocycles. The molecule has 1 aromatic rings. The molecule has 2 N–H and O–H groups in total. The Morgan fingerprint density at radius 1 is 1.62 bits per heavy atom. The van der Waals surface area contributed by atoms with Gasteiger partial charge in [0.2, 0.25) is 5.91 Å². The maximum absolute atomic E-state index is 11.5. The molecular formula is C12H18N2O2. The minimum Gasteiger partial charge on any atom is -0.388 e. The monoisotopic (exact) mass is 222 g/mol. The van der Waals surface area contributed by atoms with E-state index in [4.69, 9.17) is 0 Å². The van der Waals surface area contributed by atoms with Crippen LogP contribution in [0.3, 0.4) is 0 Å². The molecule has 1 aromatic heterocycles. The highest BCUT2D eigenvalue weighted by Gasteiger charge is 2.18. The third kappa shape index (κ3) is 4.40. The Balaban J connectivity index is 2.38. The summed E-state index contributed by atoms with van der Waals surface area (Å²) in [7, 11) is 0. The molecule has 4 heteroatoms. The Bertz CT molecular complexity index is 336. The first-order chi connectivity index (χ1) is 7.53. The van der Waals surface area contributed by atoms with Crippen molar-refractivity contribution in [3.05, 3.63) is 30.1 Å². The molecule has 0 aromatic carbocycles. The smallest absolute Gasteiger partial charge is 0.224 e. The van der Waals surface area contributed by atoms with E-state index >= 15 is 0 Å². The number of pyridine rings is 1. The molecule has 0 radical (unpaired) electrons. The number of aromatic nitrogens is 1. The van der Waals surface area contributed by atoms with Gasteiger partial charge < -0.3 is 10.4 Å². The zero-order chi connectivity index (χ0) is 12.0. The largest absolute Gasteiger partial charge is 0.388 e. The number of hydrogen-bond acceptors (Lipinski definition) is 3. The number of nitrogens with zero attached hydrogens (tertiary/aromatic N) is 1. The van der Waals surface area contributed by atoms with Crippen molar-refractivity contribution in [2.75, 3.05) is 6.54 Å². The van der Waals surface area contributed by atoms with Crippen LogP contribution in [0.25, 0.3) is 0 Å². The van der Waals surface area contributed by atoms with Crippen LogP contribution in [0.5, 0.6) is 0 Å². The van der Waals surface area contributed by atoms with Gasteiger partial charge in [0.05, 0.1) is 12.0 Å². The van der Waals surface area contributed by atoms with Gasteiger partial charge in [-0.15, -0.1) is 0 Å². The van der Waals surface area contributed by atoms with Crippen LogP contribution in [0.15, 0.2) is 24.5 Å². The molecular weight excluding hydrogens is 204 g/mol. The second kappa shape index (κ2) is 5.61. The summed E-state index contributed by atoms with van der Waals surface area (Å²) in [6, 6.07) is 3.65. The van der Waals surface area contributed by atoms with Crippen LogP contribution < -0.4 is 5.32 Å². The summed E-state index contributed by atoms with van der Waals surface area (Å²) in [5.41, 5.74) is 0.0427. The van der Waals surface area contributed by atoms with Gasteiger partial charge in [0.1, 0.15) is 0 Å². The molecule has 0 saturated heterocycles. The van der Waals surface area contributed by atoms with Crippen molar-refractivity contribution < 1.29 is 9.90 Å². The fourth-order valence-corrected chi connectivity index (χ4v) is 1.16.